The second kappa shape index (κ2) is 9.35. The number of rotatable bonds is 5. The third-order valence-electron chi connectivity index (χ3n) is 6.54. The van der Waals surface area contributed by atoms with E-state index in [0.717, 1.165) is 71.2 Å². The number of benzene rings is 1. The van der Waals surface area contributed by atoms with Crippen molar-refractivity contribution in [3.63, 3.8) is 0 Å². The molecule has 2 aliphatic heterocycles. The molecule has 1 aromatic carbocycles. The van der Waals surface area contributed by atoms with E-state index >= 15 is 0 Å². The van der Waals surface area contributed by atoms with Crippen LogP contribution in [0.2, 0.25) is 5.02 Å². The topological polar surface area (TPSA) is 79.4 Å². The minimum atomic E-state index is 0.0736. The fraction of sp³-hybridized carbons (Fsp3) is 0.560. The average molecular weight is 487 g/mol. The Kier molecular flexibility index (Phi) is 6.85. The third kappa shape index (κ3) is 5.42. The van der Waals surface area contributed by atoms with Gasteiger partial charge in [-0.15, -0.1) is 10.2 Å². The zero-order valence-corrected chi connectivity index (χ0v) is 21.9. The summed E-state index contributed by atoms with van der Waals surface area (Å²) < 4.78 is 0. The SMILES string of the molecule is CN(c1nnc(-c2ccc(C(=CN)C3=NCCCC3)cc2Cl)s1)C1CC(C)(C)NC(C)(C)C1. The molecule has 0 spiro atoms. The predicted octanol–water partition coefficient (Wildman–Crippen LogP) is 5.53. The number of hydrogen-bond acceptors (Lipinski definition) is 7. The fourth-order valence-corrected chi connectivity index (χ4v) is 6.54. The summed E-state index contributed by atoms with van der Waals surface area (Å²) in [5.41, 5.74) is 10.0. The molecule has 8 heteroatoms. The van der Waals surface area contributed by atoms with Crippen LogP contribution in [0.5, 0.6) is 0 Å². The van der Waals surface area contributed by atoms with Crippen molar-refractivity contribution < 1.29 is 0 Å². The van der Waals surface area contributed by atoms with Crippen LogP contribution in [0.25, 0.3) is 16.1 Å². The Bertz CT molecular complexity index is 1050. The molecule has 0 unspecified atom stereocenters. The highest BCUT2D eigenvalue weighted by Crippen LogP contribution is 2.38. The summed E-state index contributed by atoms with van der Waals surface area (Å²) in [6.07, 6.45) is 6.99. The van der Waals surface area contributed by atoms with Crippen molar-refractivity contribution in [1.29, 1.82) is 0 Å². The van der Waals surface area contributed by atoms with Gasteiger partial charge in [0, 0.05) is 53.8 Å². The first-order valence-corrected chi connectivity index (χ1v) is 12.9. The van der Waals surface area contributed by atoms with Crippen molar-refractivity contribution in [2.24, 2.45) is 10.7 Å². The molecule has 33 heavy (non-hydrogen) atoms. The number of nitrogens with zero attached hydrogens (tertiary/aromatic N) is 4. The summed E-state index contributed by atoms with van der Waals surface area (Å²) in [6, 6.07) is 6.43. The molecule has 0 saturated carbocycles. The molecule has 6 nitrogen and oxygen atoms in total. The molecule has 1 fully saturated rings. The number of aliphatic imine (C=N–C) groups is 1. The predicted molar refractivity (Wildman–Crippen MR) is 141 cm³/mol. The monoisotopic (exact) mass is 486 g/mol. The lowest BCUT2D eigenvalue weighted by molar-refractivity contribution is 0.161. The van der Waals surface area contributed by atoms with Crippen molar-refractivity contribution in [3.05, 3.63) is 35.0 Å². The van der Waals surface area contributed by atoms with Gasteiger partial charge in [-0.3, -0.25) is 4.99 Å². The lowest BCUT2D eigenvalue weighted by atomic mass is 9.79. The van der Waals surface area contributed by atoms with Gasteiger partial charge >= 0.3 is 0 Å². The molecule has 3 N–H and O–H groups in total. The van der Waals surface area contributed by atoms with Crippen LogP contribution in [-0.4, -0.2) is 46.6 Å². The average Bonchev–Trinajstić information content (AvgIpc) is 3.22. The summed E-state index contributed by atoms with van der Waals surface area (Å²) >= 11 is 8.31. The molecule has 0 amide bonds. The normalized spacial score (nSPS) is 21.0. The van der Waals surface area contributed by atoms with Gasteiger partial charge in [-0.2, -0.15) is 0 Å². The number of nitrogens with two attached hydrogens (primary N) is 1. The van der Waals surface area contributed by atoms with Gasteiger partial charge in [-0.1, -0.05) is 29.0 Å². The van der Waals surface area contributed by atoms with Gasteiger partial charge in [0.15, 0.2) is 5.01 Å². The maximum atomic E-state index is 6.73. The second-order valence-corrected chi connectivity index (χ2v) is 11.9. The van der Waals surface area contributed by atoms with Crippen LogP contribution in [0, 0.1) is 0 Å². The number of allylic oxidation sites excluding steroid dienone is 1. The van der Waals surface area contributed by atoms with E-state index in [2.05, 4.69) is 66.2 Å². The first-order valence-electron chi connectivity index (χ1n) is 11.7. The van der Waals surface area contributed by atoms with E-state index in [1.807, 2.05) is 12.1 Å². The number of nitrogens with one attached hydrogen (secondary N) is 1. The molecule has 1 saturated heterocycles. The van der Waals surface area contributed by atoms with Gasteiger partial charge in [0.05, 0.1) is 5.02 Å². The van der Waals surface area contributed by atoms with Gasteiger partial charge < -0.3 is 16.0 Å². The quantitative estimate of drug-likeness (QED) is 0.580. The van der Waals surface area contributed by atoms with E-state index in [9.17, 15) is 0 Å². The van der Waals surface area contributed by atoms with Crippen molar-refractivity contribution in [2.75, 3.05) is 18.5 Å². The third-order valence-corrected chi connectivity index (χ3v) is 7.90. The molecule has 0 aliphatic carbocycles. The second-order valence-electron chi connectivity index (χ2n) is 10.5. The maximum absolute atomic E-state index is 6.73. The largest absolute Gasteiger partial charge is 0.404 e. The number of piperidine rings is 1. The molecule has 178 valence electrons. The Hall–Kier alpha value is -1.96. The molecular weight excluding hydrogens is 452 g/mol. The highest BCUT2D eigenvalue weighted by Gasteiger charge is 2.39. The van der Waals surface area contributed by atoms with E-state index in [1.165, 1.54) is 0 Å². The van der Waals surface area contributed by atoms with Gasteiger partial charge in [0.1, 0.15) is 0 Å². The molecule has 3 heterocycles. The fourth-order valence-electron chi connectivity index (χ4n) is 5.30. The van der Waals surface area contributed by atoms with Crippen LogP contribution in [0.1, 0.15) is 65.4 Å². The lowest BCUT2D eigenvalue weighted by Gasteiger charge is -2.48. The van der Waals surface area contributed by atoms with Crippen LogP contribution in [0.4, 0.5) is 5.13 Å². The van der Waals surface area contributed by atoms with Gasteiger partial charge in [-0.25, -0.2) is 0 Å². The van der Waals surface area contributed by atoms with E-state index in [4.69, 9.17) is 17.3 Å². The van der Waals surface area contributed by atoms with Crippen molar-refractivity contribution in [2.45, 2.75) is 76.9 Å². The first kappa shape index (κ1) is 24.2. The van der Waals surface area contributed by atoms with Gasteiger partial charge in [0.2, 0.25) is 5.13 Å². The van der Waals surface area contributed by atoms with Crippen LogP contribution in [-0.2, 0) is 0 Å². The molecule has 0 radical (unpaired) electrons. The van der Waals surface area contributed by atoms with Crippen LogP contribution < -0.4 is 16.0 Å². The highest BCUT2D eigenvalue weighted by atomic mass is 35.5. The zero-order valence-electron chi connectivity index (χ0n) is 20.3. The molecule has 0 atom stereocenters. The summed E-state index contributed by atoms with van der Waals surface area (Å²) in [4.78, 5) is 6.95. The van der Waals surface area contributed by atoms with Crippen molar-refractivity contribution >= 4 is 39.4 Å². The summed E-state index contributed by atoms with van der Waals surface area (Å²) in [5.74, 6) is 0. The van der Waals surface area contributed by atoms with Crippen molar-refractivity contribution in [1.82, 2.24) is 15.5 Å². The van der Waals surface area contributed by atoms with Gasteiger partial charge in [-0.05, 0) is 77.5 Å². The maximum Gasteiger partial charge on any atom is 0.208 e. The Morgan fingerprint density at radius 3 is 2.52 bits per heavy atom. The Balaban J connectivity index is 1.55. The number of halogens is 1. The van der Waals surface area contributed by atoms with Crippen LogP contribution >= 0.6 is 22.9 Å². The zero-order chi connectivity index (χ0) is 23.8. The molecular formula is C25H35ClN6S. The molecule has 0 bridgehead atoms. The number of hydrogen-bond donors (Lipinski definition) is 2. The molecule has 4 rings (SSSR count). The highest BCUT2D eigenvalue weighted by molar-refractivity contribution is 7.18. The summed E-state index contributed by atoms with van der Waals surface area (Å²) in [5, 5.41) is 15.1. The standard InChI is InChI=1S/C25H35ClN6S/c1-24(2)13-17(14-25(3,4)31-24)32(5)23-30-29-22(33-23)18-10-9-16(12-20(18)26)19(15-27)21-8-6-7-11-28-21/h9-10,12,15,17,31H,6-8,11,13-14,27H2,1-5H3. The molecule has 1 aromatic heterocycles. The number of anilines is 1. The van der Waals surface area contributed by atoms with Crippen LogP contribution in [0.3, 0.4) is 0 Å². The van der Waals surface area contributed by atoms with Crippen molar-refractivity contribution in [3.8, 4) is 10.6 Å². The Morgan fingerprint density at radius 2 is 1.91 bits per heavy atom. The van der Waals surface area contributed by atoms with E-state index < -0.39 is 0 Å². The van der Waals surface area contributed by atoms with E-state index in [0.29, 0.717) is 11.1 Å². The smallest absolute Gasteiger partial charge is 0.208 e. The van der Waals surface area contributed by atoms with E-state index in [-0.39, 0.29) is 11.1 Å². The molecule has 2 aromatic rings. The van der Waals surface area contributed by atoms with E-state index in [1.54, 1.807) is 17.5 Å². The first-order chi connectivity index (χ1) is 15.6. The summed E-state index contributed by atoms with van der Waals surface area (Å²) in [7, 11) is 2.13. The van der Waals surface area contributed by atoms with Crippen LogP contribution in [0.15, 0.2) is 29.4 Å². The number of aromatic nitrogens is 2. The Morgan fingerprint density at radius 1 is 1.18 bits per heavy atom. The minimum Gasteiger partial charge on any atom is -0.404 e. The Labute approximate surface area is 206 Å². The molecule has 2 aliphatic rings. The van der Waals surface area contributed by atoms with Gasteiger partial charge in [0.25, 0.3) is 0 Å². The summed E-state index contributed by atoms with van der Waals surface area (Å²) in [6.45, 7) is 9.94. The lowest BCUT2D eigenvalue weighted by Crippen LogP contribution is -2.61. The minimum absolute atomic E-state index is 0.0736.